The molecule has 1 atom stereocenters. The van der Waals surface area contributed by atoms with E-state index in [2.05, 4.69) is 0 Å². The molecule has 0 saturated carbocycles. The SMILES string of the molecule is O=C1Cc2ccccc2C(=O)N1[C@H](CO)c1ccccc1. The molecule has 1 N–H and O–H groups in total. The fourth-order valence-electron chi connectivity index (χ4n) is 2.70. The number of rotatable bonds is 3. The van der Waals surface area contributed by atoms with E-state index in [-0.39, 0.29) is 24.8 Å². The number of nitrogens with zero attached hydrogens (tertiary/aromatic N) is 1. The Morgan fingerprint density at radius 3 is 2.38 bits per heavy atom. The van der Waals surface area contributed by atoms with E-state index >= 15 is 0 Å². The van der Waals surface area contributed by atoms with Gasteiger partial charge in [-0.1, -0.05) is 48.5 Å². The Hall–Kier alpha value is -2.46. The fourth-order valence-corrected chi connectivity index (χ4v) is 2.70. The second kappa shape index (κ2) is 5.50. The average Bonchev–Trinajstić information content (AvgIpc) is 2.52. The first-order valence-electron chi connectivity index (χ1n) is 6.82. The zero-order valence-corrected chi connectivity index (χ0v) is 11.4. The second-order valence-electron chi connectivity index (χ2n) is 5.01. The largest absolute Gasteiger partial charge is 0.394 e. The summed E-state index contributed by atoms with van der Waals surface area (Å²) in [6.45, 7) is -0.288. The van der Waals surface area contributed by atoms with Crippen molar-refractivity contribution in [1.82, 2.24) is 4.90 Å². The molecule has 106 valence electrons. The summed E-state index contributed by atoms with van der Waals surface area (Å²) in [5.74, 6) is -0.619. The van der Waals surface area contributed by atoms with Gasteiger partial charge in [-0.3, -0.25) is 14.5 Å². The van der Waals surface area contributed by atoms with Crippen molar-refractivity contribution >= 4 is 11.8 Å². The van der Waals surface area contributed by atoms with Gasteiger partial charge < -0.3 is 5.11 Å². The van der Waals surface area contributed by atoms with Gasteiger partial charge in [0.1, 0.15) is 0 Å². The van der Waals surface area contributed by atoms with Crippen molar-refractivity contribution in [3.05, 3.63) is 71.3 Å². The average molecular weight is 281 g/mol. The summed E-state index contributed by atoms with van der Waals surface area (Å²) in [4.78, 5) is 26.1. The summed E-state index contributed by atoms with van der Waals surface area (Å²) >= 11 is 0. The Morgan fingerprint density at radius 2 is 1.67 bits per heavy atom. The molecule has 0 aromatic heterocycles. The van der Waals surface area contributed by atoms with E-state index in [0.717, 1.165) is 11.1 Å². The Balaban J connectivity index is 2.02. The van der Waals surface area contributed by atoms with Gasteiger partial charge in [-0.15, -0.1) is 0 Å². The number of carbonyl (C=O) groups is 2. The van der Waals surface area contributed by atoms with Crippen molar-refractivity contribution in [2.24, 2.45) is 0 Å². The van der Waals surface area contributed by atoms with Crippen LogP contribution in [-0.4, -0.2) is 28.4 Å². The predicted molar refractivity (Wildman–Crippen MR) is 77.6 cm³/mol. The molecule has 1 heterocycles. The molecule has 0 fully saturated rings. The van der Waals surface area contributed by atoms with E-state index in [9.17, 15) is 14.7 Å². The number of aliphatic hydroxyl groups is 1. The molecule has 0 unspecified atom stereocenters. The number of hydrogen-bond donors (Lipinski definition) is 1. The van der Waals surface area contributed by atoms with E-state index in [1.54, 1.807) is 18.2 Å². The number of aliphatic hydroxyl groups excluding tert-OH is 1. The molecule has 0 spiro atoms. The topological polar surface area (TPSA) is 57.6 Å². The summed E-state index contributed by atoms with van der Waals surface area (Å²) in [7, 11) is 0. The van der Waals surface area contributed by atoms with Crippen LogP contribution in [0.4, 0.5) is 0 Å². The maximum atomic E-state index is 12.6. The minimum absolute atomic E-state index is 0.186. The van der Waals surface area contributed by atoms with Crippen LogP contribution in [0.2, 0.25) is 0 Å². The third-order valence-corrected chi connectivity index (χ3v) is 3.75. The standard InChI is InChI=1S/C17H15NO3/c19-11-15(12-6-2-1-3-7-12)18-16(20)10-13-8-4-5-9-14(13)17(18)21/h1-9,15,19H,10-11H2/t15-/m1/s1. The lowest BCUT2D eigenvalue weighted by atomic mass is 9.95. The van der Waals surface area contributed by atoms with Crippen molar-refractivity contribution in [3.63, 3.8) is 0 Å². The number of imide groups is 1. The van der Waals surface area contributed by atoms with Gasteiger partial charge in [0.2, 0.25) is 5.91 Å². The molecular formula is C17H15NO3. The number of hydrogen-bond acceptors (Lipinski definition) is 3. The minimum Gasteiger partial charge on any atom is -0.394 e. The highest BCUT2D eigenvalue weighted by Gasteiger charge is 2.36. The van der Waals surface area contributed by atoms with Gasteiger partial charge in [0, 0.05) is 5.56 Å². The highest BCUT2D eigenvalue weighted by molar-refractivity contribution is 6.10. The lowest BCUT2D eigenvalue weighted by molar-refractivity contribution is -0.131. The monoisotopic (exact) mass is 281 g/mol. The molecule has 0 aliphatic carbocycles. The van der Waals surface area contributed by atoms with E-state index in [0.29, 0.717) is 5.56 Å². The van der Waals surface area contributed by atoms with Crippen molar-refractivity contribution < 1.29 is 14.7 Å². The van der Waals surface area contributed by atoms with Gasteiger partial charge >= 0.3 is 0 Å². The maximum Gasteiger partial charge on any atom is 0.261 e. The lowest BCUT2D eigenvalue weighted by Gasteiger charge is -2.33. The molecule has 4 nitrogen and oxygen atoms in total. The molecule has 21 heavy (non-hydrogen) atoms. The first kappa shape index (κ1) is 13.5. The van der Waals surface area contributed by atoms with Crippen LogP contribution in [0.3, 0.4) is 0 Å². The van der Waals surface area contributed by atoms with Crippen LogP contribution in [0.5, 0.6) is 0 Å². The van der Waals surface area contributed by atoms with Crippen molar-refractivity contribution in [2.75, 3.05) is 6.61 Å². The first-order valence-corrected chi connectivity index (χ1v) is 6.82. The molecule has 2 aromatic carbocycles. The Morgan fingerprint density at radius 1 is 1.00 bits per heavy atom. The van der Waals surface area contributed by atoms with Gasteiger partial charge in [0.25, 0.3) is 5.91 Å². The van der Waals surface area contributed by atoms with Crippen LogP contribution in [0, 0.1) is 0 Å². The highest BCUT2D eigenvalue weighted by atomic mass is 16.3. The molecule has 4 heteroatoms. The zero-order chi connectivity index (χ0) is 14.8. The number of amides is 2. The van der Waals surface area contributed by atoms with Gasteiger partial charge in [-0.2, -0.15) is 0 Å². The summed E-state index contributed by atoms with van der Waals surface area (Å²) < 4.78 is 0. The molecule has 1 aliphatic heterocycles. The fraction of sp³-hybridized carbons (Fsp3) is 0.176. The lowest BCUT2D eigenvalue weighted by Crippen LogP contribution is -2.45. The van der Waals surface area contributed by atoms with E-state index in [4.69, 9.17) is 0 Å². The first-order chi connectivity index (χ1) is 10.2. The summed E-state index contributed by atoms with van der Waals surface area (Å²) in [5, 5.41) is 9.67. The van der Waals surface area contributed by atoms with Crippen LogP contribution in [0.25, 0.3) is 0 Å². The van der Waals surface area contributed by atoms with Crippen LogP contribution in [0.15, 0.2) is 54.6 Å². The minimum atomic E-state index is -0.639. The molecule has 0 saturated heterocycles. The summed E-state index contributed by atoms with van der Waals surface area (Å²) in [6.07, 6.45) is 0.186. The Labute approximate surface area is 122 Å². The van der Waals surface area contributed by atoms with Gasteiger partial charge in [-0.25, -0.2) is 0 Å². The molecule has 0 radical (unpaired) electrons. The molecule has 2 amide bonds. The van der Waals surface area contributed by atoms with Gasteiger partial charge in [0.15, 0.2) is 0 Å². The van der Waals surface area contributed by atoms with Crippen LogP contribution in [0.1, 0.15) is 27.5 Å². The predicted octanol–water partition coefficient (Wildman–Crippen LogP) is 1.95. The summed E-state index contributed by atoms with van der Waals surface area (Å²) in [6, 6.07) is 15.6. The normalized spacial score (nSPS) is 15.8. The third kappa shape index (κ3) is 2.34. The molecule has 0 bridgehead atoms. The van der Waals surface area contributed by atoms with E-state index in [1.807, 2.05) is 36.4 Å². The van der Waals surface area contributed by atoms with E-state index in [1.165, 1.54) is 4.90 Å². The molecule has 3 rings (SSSR count). The van der Waals surface area contributed by atoms with Crippen molar-refractivity contribution in [1.29, 1.82) is 0 Å². The summed E-state index contributed by atoms with van der Waals surface area (Å²) in [5.41, 5.74) is 2.03. The second-order valence-corrected chi connectivity index (χ2v) is 5.01. The highest BCUT2D eigenvalue weighted by Crippen LogP contribution is 2.28. The Bertz CT molecular complexity index is 681. The maximum absolute atomic E-state index is 12.6. The van der Waals surface area contributed by atoms with E-state index < -0.39 is 6.04 Å². The number of fused-ring (bicyclic) bond motifs is 1. The Kier molecular flexibility index (Phi) is 3.54. The van der Waals surface area contributed by atoms with Crippen LogP contribution >= 0.6 is 0 Å². The quantitative estimate of drug-likeness (QED) is 0.875. The molecular weight excluding hydrogens is 266 g/mol. The van der Waals surface area contributed by atoms with Crippen molar-refractivity contribution in [3.8, 4) is 0 Å². The van der Waals surface area contributed by atoms with Crippen molar-refractivity contribution in [2.45, 2.75) is 12.5 Å². The van der Waals surface area contributed by atoms with Crippen LogP contribution < -0.4 is 0 Å². The molecule has 2 aromatic rings. The third-order valence-electron chi connectivity index (χ3n) is 3.75. The smallest absolute Gasteiger partial charge is 0.261 e. The van der Waals surface area contributed by atoms with Crippen LogP contribution in [-0.2, 0) is 11.2 Å². The number of benzene rings is 2. The molecule has 1 aliphatic rings. The van der Waals surface area contributed by atoms with Gasteiger partial charge in [-0.05, 0) is 17.2 Å². The van der Waals surface area contributed by atoms with Gasteiger partial charge in [0.05, 0.1) is 19.1 Å². The number of carbonyl (C=O) groups excluding carboxylic acids is 2. The zero-order valence-electron chi connectivity index (χ0n) is 11.4.